The fourth-order valence-electron chi connectivity index (χ4n) is 3.53. The number of alkyl halides is 6. The molecule has 1 aromatic carbocycles. The second-order valence-electron chi connectivity index (χ2n) is 11.7. The van der Waals surface area contributed by atoms with Crippen LogP contribution in [0.4, 0.5) is 32.0 Å². The van der Waals surface area contributed by atoms with Crippen molar-refractivity contribution in [2.24, 2.45) is 0 Å². The van der Waals surface area contributed by atoms with Gasteiger partial charge in [-0.3, -0.25) is 24.5 Å². The van der Waals surface area contributed by atoms with E-state index < -0.39 is 35.9 Å². The topological polar surface area (TPSA) is 150 Å². The predicted octanol–water partition coefficient (Wildman–Crippen LogP) is 6.34. The number of anilines is 1. The number of carbonyl (C=O) groups is 4. The lowest BCUT2D eigenvalue weighted by Gasteiger charge is -2.34. The molecule has 3 aromatic rings. The van der Waals surface area contributed by atoms with Crippen LogP contribution >= 0.6 is 0 Å². The minimum atomic E-state index is -5.08. The number of carboxylic acid groups (broad SMARTS) is 2. The number of nitrogens with one attached hydrogen (secondary N) is 1. The molecule has 0 bridgehead atoms. The summed E-state index contributed by atoms with van der Waals surface area (Å²) >= 11 is 0. The third-order valence-corrected chi connectivity index (χ3v) is 5.63. The highest BCUT2D eigenvalue weighted by Crippen LogP contribution is 2.32. The van der Waals surface area contributed by atoms with Crippen molar-refractivity contribution in [1.29, 1.82) is 0 Å². The van der Waals surface area contributed by atoms with Gasteiger partial charge in [0.2, 0.25) is 5.91 Å². The molecule has 0 fully saturated rings. The molecule has 256 valence electrons. The van der Waals surface area contributed by atoms with E-state index in [1.165, 1.54) is 11.1 Å². The van der Waals surface area contributed by atoms with Crippen molar-refractivity contribution in [2.75, 3.05) is 4.90 Å². The maximum Gasteiger partial charge on any atom is 0.490 e. The molecule has 0 aliphatic rings. The smallest absolute Gasteiger partial charge is 0.475 e. The first kappa shape index (κ1) is 40.0. The number of halogens is 6. The average Bonchev–Trinajstić information content (AvgIpc) is 2.94. The van der Waals surface area contributed by atoms with Crippen LogP contribution in [0.25, 0.3) is 0 Å². The van der Waals surface area contributed by atoms with Crippen molar-refractivity contribution < 1.29 is 55.7 Å². The van der Waals surface area contributed by atoms with E-state index in [0.29, 0.717) is 16.8 Å². The number of hydrogen-bond acceptors (Lipinski definition) is 6. The highest BCUT2D eigenvalue weighted by Gasteiger charge is 2.39. The van der Waals surface area contributed by atoms with Crippen LogP contribution in [-0.2, 0) is 19.8 Å². The van der Waals surface area contributed by atoms with Crippen LogP contribution in [0.3, 0.4) is 0 Å². The first-order chi connectivity index (χ1) is 21.4. The van der Waals surface area contributed by atoms with Gasteiger partial charge in [-0.1, -0.05) is 39.0 Å². The minimum Gasteiger partial charge on any atom is -0.475 e. The quantitative estimate of drug-likeness (QED) is 0.266. The molecule has 3 N–H and O–H groups in total. The van der Waals surface area contributed by atoms with Crippen molar-refractivity contribution >= 4 is 29.4 Å². The Balaban J connectivity index is 0.000000658. The molecular formula is C31H34F6N4O6. The van der Waals surface area contributed by atoms with Gasteiger partial charge in [0.05, 0.1) is 5.56 Å². The van der Waals surface area contributed by atoms with Crippen LogP contribution in [-0.4, -0.2) is 61.8 Å². The van der Waals surface area contributed by atoms with Gasteiger partial charge in [0.1, 0.15) is 6.04 Å². The molecular weight excluding hydrogens is 638 g/mol. The zero-order valence-electron chi connectivity index (χ0n) is 26.1. The van der Waals surface area contributed by atoms with E-state index in [-0.39, 0.29) is 17.2 Å². The summed E-state index contributed by atoms with van der Waals surface area (Å²) < 4.78 is 63.5. The van der Waals surface area contributed by atoms with E-state index in [0.717, 1.165) is 5.56 Å². The molecule has 0 saturated carbocycles. The molecule has 0 radical (unpaired) electrons. The highest BCUT2D eigenvalue weighted by atomic mass is 19.4. The van der Waals surface area contributed by atoms with Crippen LogP contribution < -0.4 is 10.2 Å². The van der Waals surface area contributed by atoms with Gasteiger partial charge in [-0.15, -0.1) is 0 Å². The van der Waals surface area contributed by atoms with Crippen LogP contribution in [0, 0.1) is 0 Å². The van der Waals surface area contributed by atoms with Crippen LogP contribution in [0.2, 0.25) is 0 Å². The Bertz CT molecular complexity index is 1460. The summed E-state index contributed by atoms with van der Waals surface area (Å²) in [6.07, 6.45) is -3.77. The summed E-state index contributed by atoms with van der Waals surface area (Å²) in [5, 5.41) is 17.3. The number of nitrogens with zero attached hydrogens (tertiary/aromatic N) is 3. The number of hydrogen-bond donors (Lipinski definition) is 3. The Morgan fingerprint density at radius 3 is 1.51 bits per heavy atom. The number of benzene rings is 1. The molecule has 2 amide bonds. The van der Waals surface area contributed by atoms with Gasteiger partial charge in [0.25, 0.3) is 5.91 Å². The van der Waals surface area contributed by atoms with Crippen LogP contribution in [0.15, 0.2) is 73.3 Å². The molecule has 10 nitrogen and oxygen atoms in total. The lowest BCUT2D eigenvalue weighted by molar-refractivity contribution is -0.193. The molecule has 0 aliphatic carbocycles. The van der Waals surface area contributed by atoms with E-state index in [4.69, 9.17) is 19.8 Å². The monoisotopic (exact) mass is 672 g/mol. The van der Waals surface area contributed by atoms with Gasteiger partial charge in [-0.2, -0.15) is 26.3 Å². The fraction of sp³-hybridized carbons (Fsp3) is 0.355. The fourth-order valence-corrected chi connectivity index (χ4v) is 3.53. The average molecular weight is 673 g/mol. The Hall–Kier alpha value is -5.02. The van der Waals surface area contributed by atoms with Crippen molar-refractivity contribution in [3.63, 3.8) is 0 Å². The standard InChI is InChI=1S/C27H32N4O2.2C2HF3O2/c1-26(2,3)21-11-13-22(14-12-21)31(25(33)20-10-8-16-29-18-20)23(19-9-7-15-28-17-19)24(32)30-27(4,5)6;2*3-2(4,5)1(6)7/h7-18,23H,1-6H3,(H,30,32);2*(H,6,7). The highest BCUT2D eigenvalue weighted by molar-refractivity contribution is 6.10. The molecule has 3 rings (SSSR count). The number of pyridine rings is 2. The molecule has 1 unspecified atom stereocenters. The number of carboxylic acids is 2. The first-order valence-electron chi connectivity index (χ1n) is 13.5. The SMILES string of the molecule is CC(C)(C)NC(=O)C(c1cccnc1)N(C(=O)c1cccnc1)c1ccc(C(C)(C)C)cc1.O=C(O)C(F)(F)F.O=C(O)C(F)(F)F. The second-order valence-corrected chi connectivity index (χ2v) is 11.7. The molecule has 16 heteroatoms. The van der Waals surface area contributed by atoms with Crippen LogP contribution in [0.5, 0.6) is 0 Å². The maximum absolute atomic E-state index is 13.8. The lowest BCUT2D eigenvalue weighted by Crippen LogP contribution is -2.49. The Morgan fingerprint density at radius 1 is 0.723 bits per heavy atom. The number of rotatable bonds is 5. The predicted molar refractivity (Wildman–Crippen MR) is 158 cm³/mol. The van der Waals surface area contributed by atoms with Gasteiger partial charge in [0, 0.05) is 41.6 Å². The lowest BCUT2D eigenvalue weighted by atomic mass is 9.87. The molecule has 47 heavy (non-hydrogen) atoms. The van der Waals surface area contributed by atoms with Crippen LogP contribution in [0.1, 0.15) is 69.1 Å². The van der Waals surface area contributed by atoms with Gasteiger partial charge in [-0.05, 0) is 62.1 Å². The number of amides is 2. The largest absolute Gasteiger partial charge is 0.490 e. The summed E-state index contributed by atoms with van der Waals surface area (Å²) in [6, 6.07) is 13.9. The third kappa shape index (κ3) is 13.5. The summed E-state index contributed by atoms with van der Waals surface area (Å²) in [5.41, 5.74) is 2.26. The summed E-state index contributed by atoms with van der Waals surface area (Å²) in [4.78, 5) is 55.0. The van der Waals surface area contributed by atoms with Gasteiger partial charge >= 0.3 is 24.3 Å². The van der Waals surface area contributed by atoms with E-state index in [1.807, 2.05) is 51.1 Å². The van der Waals surface area contributed by atoms with E-state index in [9.17, 15) is 35.9 Å². The summed E-state index contributed by atoms with van der Waals surface area (Å²) in [6.45, 7) is 12.1. The van der Waals surface area contributed by atoms with E-state index >= 15 is 0 Å². The molecule has 1 atom stereocenters. The van der Waals surface area contributed by atoms with Crippen molar-refractivity contribution in [3.8, 4) is 0 Å². The first-order valence-corrected chi connectivity index (χ1v) is 13.5. The van der Waals surface area contributed by atoms with Crippen molar-refractivity contribution in [3.05, 3.63) is 90.0 Å². The van der Waals surface area contributed by atoms with Gasteiger partial charge < -0.3 is 15.5 Å². The zero-order valence-corrected chi connectivity index (χ0v) is 26.1. The molecule has 0 aliphatic heterocycles. The molecule has 2 heterocycles. The van der Waals surface area contributed by atoms with E-state index in [1.54, 1.807) is 36.8 Å². The number of carbonyl (C=O) groups excluding carboxylic acids is 2. The Labute approximate surface area is 266 Å². The maximum atomic E-state index is 13.8. The van der Waals surface area contributed by atoms with E-state index in [2.05, 4.69) is 36.1 Å². The molecule has 0 saturated heterocycles. The third-order valence-electron chi connectivity index (χ3n) is 5.63. The normalized spacial score (nSPS) is 12.3. The molecule has 2 aromatic heterocycles. The minimum absolute atomic E-state index is 0.0386. The van der Waals surface area contributed by atoms with Gasteiger partial charge in [0.15, 0.2) is 0 Å². The Kier molecular flexibility index (Phi) is 13.6. The number of aliphatic carboxylic acids is 2. The van der Waals surface area contributed by atoms with Crippen molar-refractivity contribution in [2.45, 2.75) is 70.9 Å². The Morgan fingerprint density at radius 2 is 1.17 bits per heavy atom. The second kappa shape index (κ2) is 16.0. The van der Waals surface area contributed by atoms with Gasteiger partial charge in [-0.25, -0.2) is 9.59 Å². The summed E-state index contributed by atoms with van der Waals surface area (Å²) in [5.74, 6) is -6.11. The molecule has 0 spiro atoms. The summed E-state index contributed by atoms with van der Waals surface area (Å²) in [7, 11) is 0. The van der Waals surface area contributed by atoms with Crippen molar-refractivity contribution in [1.82, 2.24) is 15.3 Å². The number of aromatic nitrogens is 2. The zero-order chi connectivity index (χ0) is 36.4.